The molecule has 1 aliphatic rings. The minimum absolute atomic E-state index is 0.0926. The third kappa shape index (κ3) is 3.20. The average molecular weight is 390 g/mol. The van der Waals surface area contributed by atoms with E-state index in [1.54, 1.807) is 21.8 Å². The number of thiophene rings is 1. The fraction of sp³-hybridized carbons (Fsp3) is 0.333. The van der Waals surface area contributed by atoms with Gasteiger partial charge in [0.15, 0.2) is 0 Å². The maximum atomic E-state index is 12.6. The van der Waals surface area contributed by atoms with Crippen molar-refractivity contribution in [2.24, 2.45) is 0 Å². The van der Waals surface area contributed by atoms with Crippen LogP contribution < -0.4 is 0 Å². The summed E-state index contributed by atoms with van der Waals surface area (Å²) >= 11 is 1.25. The monoisotopic (exact) mass is 389 g/mol. The first-order chi connectivity index (χ1) is 12.6. The van der Waals surface area contributed by atoms with Gasteiger partial charge in [0.2, 0.25) is 11.7 Å². The van der Waals surface area contributed by atoms with Crippen molar-refractivity contribution in [2.45, 2.75) is 29.9 Å². The van der Waals surface area contributed by atoms with Crippen LogP contribution in [0.25, 0.3) is 11.4 Å². The summed E-state index contributed by atoms with van der Waals surface area (Å²) in [5.41, 5.74) is 2.05. The largest absolute Gasteiger partial charge is 0.339 e. The molecule has 136 valence electrons. The van der Waals surface area contributed by atoms with E-state index in [4.69, 9.17) is 4.52 Å². The van der Waals surface area contributed by atoms with Crippen molar-refractivity contribution in [1.82, 2.24) is 14.4 Å². The number of aromatic nitrogens is 2. The van der Waals surface area contributed by atoms with Gasteiger partial charge in [0.25, 0.3) is 10.0 Å². The normalized spacial score (nSPS) is 16.8. The minimum Gasteiger partial charge on any atom is -0.339 e. The zero-order valence-corrected chi connectivity index (χ0v) is 16.0. The van der Waals surface area contributed by atoms with Gasteiger partial charge in [0.05, 0.1) is 0 Å². The first-order valence-corrected chi connectivity index (χ1v) is 10.8. The molecule has 1 saturated heterocycles. The Kier molecular flexibility index (Phi) is 4.64. The lowest BCUT2D eigenvalue weighted by atomic mass is 9.98. The summed E-state index contributed by atoms with van der Waals surface area (Å²) in [4.78, 5) is 4.56. The maximum absolute atomic E-state index is 12.6. The Hall–Kier alpha value is -2.03. The average Bonchev–Trinajstić information content (AvgIpc) is 3.35. The molecule has 26 heavy (non-hydrogen) atoms. The second-order valence-corrected chi connectivity index (χ2v) is 9.49. The molecule has 1 fully saturated rings. The van der Waals surface area contributed by atoms with Gasteiger partial charge in [0.1, 0.15) is 4.21 Å². The van der Waals surface area contributed by atoms with E-state index >= 15 is 0 Å². The Morgan fingerprint density at radius 3 is 2.62 bits per heavy atom. The third-order valence-electron chi connectivity index (χ3n) is 4.72. The van der Waals surface area contributed by atoms with Crippen LogP contribution in [0.5, 0.6) is 0 Å². The van der Waals surface area contributed by atoms with E-state index in [2.05, 4.69) is 10.1 Å². The van der Waals surface area contributed by atoms with Gasteiger partial charge in [0, 0.05) is 24.6 Å². The number of piperidine rings is 1. The minimum atomic E-state index is -3.38. The van der Waals surface area contributed by atoms with Crippen molar-refractivity contribution in [1.29, 1.82) is 0 Å². The predicted molar refractivity (Wildman–Crippen MR) is 99.5 cm³/mol. The molecule has 0 N–H and O–H groups in total. The molecule has 0 bridgehead atoms. The Balaban J connectivity index is 1.47. The molecule has 6 nitrogen and oxygen atoms in total. The number of sulfonamides is 1. The van der Waals surface area contributed by atoms with E-state index in [1.165, 1.54) is 11.3 Å². The van der Waals surface area contributed by atoms with E-state index in [9.17, 15) is 8.42 Å². The summed E-state index contributed by atoms with van der Waals surface area (Å²) in [5.74, 6) is 1.28. The molecular formula is C18H19N3O3S2. The lowest BCUT2D eigenvalue weighted by Gasteiger charge is -2.29. The molecule has 0 atom stereocenters. The first-order valence-electron chi connectivity index (χ1n) is 8.49. The van der Waals surface area contributed by atoms with Crippen LogP contribution in [-0.2, 0) is 10.0 Å². The molecule has 0 saturated carbocycles. The smallest absolute Gasteiger partial charge is 0.252 e. The van der Waals surface area contributed by atoms with Crippen molar-refractivity contribution >= 4 is 21.4 Å². The van der Waals surface area contributed by atoms with Crippen LogP contribution in [0.15, 0.2) is 50.5 Å². The zero-order chi connectivity index (χ0) is 18.1. The Bertz CT molecular complexity index is 988. The molecule has 0 unspecified atom stereocenters. The highest BCUT2D eigenvalue weighted by atomic mass is 32.2. The fourth-order valence-electron chi connectivity index (χ4n) is 3.21. The summed E-state index contributed by atoms with van der Waals surface area (Å²) in [6, 6.07) is 11.3. The summed E-state index contributed by atoms with van der Waals surface area (Å²) in [5, 5.41) is 5.90. The lowest BCUT2D eigenvalue weighted by Crippen LogP contribution is -2.37. The van der Waals surface area contributed by atoms with Gasteiger partial charge in [-0.3, -0.25) is 0 Å². The topological polar surface area (TPSA) is 76.3 Å². The van der Waals surface area contributed by atoms with Crippen molar-refractivity contribution in [3.8, 4) is 11.4 Å². The molecule has 0 spiro atoms. The third-order valence-corrected chi connectivity index (χ3v) is 7.99. The molecule has 0 aliphatic carbocycles. The highest BCUT2D eigenvalue weighted by molar-refractivity contribution is 7.91. The van der Waals surface area contributed by atoms with E-state index in [1.807, 2.05) is 31.2 Å². The van der Waals surface area contributed by atoms with Gasteiger partial charge in [-0.1, -0.05) is 35.5 Å². The molecule has 3 heterocycles. The number of nitrogens with zero attached hydrogens (tertiary/aromatic N) is 3. The summed E-state index contributed by atoms with van der Waals surface area (Å²) in [6.07, 6.45) is 1.36. The maximum Gasteiger partial charge on any atom is 0.252 e. The molecule has 0 radical (unpaired) electrons. The molecule has 3 aromatic rings. The van der Waals surface area contributed by atoms with Crippen LogP contribution in [-0.4, -0.2) is 36.0 Å². The molecule has 0 amide bonds. The van der Waals surface area contributed by atoms with E-state index in [0.717, 1.165) is 11.1 Å². The fourth-order valence-corrected chi connectivity index (χ4v) is 5.83. The number of benzene rings is 1. The van der Waals surface area contributed by atoms with Gasteiger partial charge in [-0.05, 0) is 36.8 Å². The highest BCUT2D eigenvalue weighted by Gasteiger charge is 2.32. The second-order valence-electron chi connectivity index (χ2n) is 6.38. The Morgan fingerprint density at radius 1 is 1.15 bits per heavy atom. The van der Waals surface area contributed by atoms with Gasteiger partial charge < -0.3 is 4.52 Å². The first kappa shape index (κ1) is 17.4. The Labute approximate surface area is 156 Å². The van der Waals surface area contributed by atoms with Gasteiger partial charge in [-0.15, -0.1) is 11.3 Å². The number of rotatable bonds is 4. The van der Waals surface area contributed by atoms with Gasteiger partial charge in [-0.25, -0.2) is 8.42 Å². The van der Waals surface area contributed by atoms with Crippen molar-refractivity contribution in [3.05, 3.63) is 53.2 Å². The van der Waals surface area contributed by atoms with Gasteiger partial charge >= 0.3 is 0 Å². The van der Waals surface area contributed by atoms with Crippen LogP contribution in [0.2, 0.25) is 0 Å². The van der Waals surface area contributed by atoms with Crippen LogP contribution in [0.1, 0.15) is 30.2 Å². The summed E-state index contributed by atoms with van der Waals surface area (Å²) in [6.45, 7) is 2.94. The molecule has 1 aliphatic heterocycles. The molecule has 2 aromatic heterocycles. The van der Waals surface area contributed by atoms with Crippen molar-refractivity contribution in [3.63, 3.8) is 0 Å². The van der Waals surface area contributed by atoms with E-state index < -0.39 is 10.0 Å². The van der Waals surface area contributed by atoms with Crippen molar-refractivity contribution < 1.29 is 12.9 Å². The van der Waals surface area contributed by atoms with Gasteiger partial charge in [-0.2, -0.15) is 9.29 Å². The highest BCUT2D eigenvalue weighted by Crippen LogP contribution is 2.32. The van der Waals surface area contributed by atoms with Crippen LogP contribution >= 0.6 is 11.3 Å². The molecule has 8 heteroatoms. The Morgan fingerprint density at radius 2 is 1.92 bits per heavy atom. The standard InChI is InChI=1S/C18H19N3O3S2/c1-13-5-2-3-6-15(13)17-19-18(24-20-17)14-8-10-21(11-9-14)26(22,23)16-7-4-12-25-16/h2-7,12,14H,8-11H2,1H3. The molecule has 4 rings (SSSR count). The van der Waals surface area contributed by atoms with E-state index in [0.29, 0.717) is 41.9 Å². The quantitative estimate of drug-likeness (QED) is 0.680. The predicted octanol–water partition coefficient (Wildman–Crippen LogP) is 3.67. The van der Waals surface area contributed by atoms with Crippen LogP contribution in [0.3, 0.4) is 0 Å². The second kappa shape index (κ2) is 6.94. The molecule has 1 aromatic carbocycles. The number of aryl methyl sites for hydroxylation is 1. The zero-order valence-electron chi connectivity index (χ0n) is 14.3. The summed E-state index contributed by atoms with van der Waals surface area (Å²) < 4.78 is 32.6. The lowest BCUT2D eigenvalue weighted by molar-refractivity contribution is 0.271. The van der Waals surface area contributed by atoms with E-state index in [-0.39, 0.29) is 5.92 Å². The van der Waals surface area contributed by atoms with Crippen LogP contribution in [0.4, 0.5) is 0 Å². The molecular weight excluding hydrogens is 370 g/mol. The summed E-state index contributed by atoms with van der Waals surface area (Å²) in [7, 11) is -3.38. The van der Waals surface area contributed by atoms with Crippen LogP contribution in [0, 0.1) is 6.92 Å². The van der Waals surface area contributed by atoms with Crippen molar-refractivity contribution in [2.75, 3.05) is 13.1 Å². The number of hydrogen-bond acceptors (Lipinski definition) is 6. The number of hydrogen-bond donors (Lipinski definition) is 0. The SMILES string of the molecule is Cc1ccccc1-c1noc(C2CCN(S(=O)(=O)c3cccs3)CC2)n1.